The summed E-state index contributed by atoms with van der Waals surface area (Å²) in [5, 5.41) is 10.7. The highest BCUT2D eigenvalue weighted by molar-refractivity contribution is 7.50. The fourth-order valence-corrected chi connectivity index (χ4v) is 5.76. The average Bonchev–Trinajstić information content (AvgIpc) is 3.21. The van der Waals surface area contributed by atoms with Crippen LogP contribution < -0.4 is 16.4 Å². The van der Waals surface area contributed by atoms with Crippen molar-refractivity contribution in [2.45, 2.75) is 25.6 Å². The second-order valence-electron chi connectivity index (χ2n) is 7.91. The maximum Gasteiger partial charge on any atom is 0.386 e. The lowest BCUT2D eigenvalue weighted by Gasteiger charge is -2.32. The third kappa shape index (κ3) is 4.96. The first-order valence-corrected chi connectivity index (χ1v) is 12.4. The van der Waals surface area contributed by atoms with Crippen LogP contribution in [0.25, 0.3) is 0 Å². The van der Waals surface area contributed by atoms with E-state index in [0.717, 1.165) is 11.3 Å². The number of anilines is 1. The molecule has 1 aliphatic rings. The van der Waals surface area contributed by atoms with Crippen molar-refractivity contribution in [3.8, 4) is 0 Å². The SMILES string of the molecule is CC(N)C(=O)NC1Nc2c[s+](C(=O)c3ccc(Cl)cc3)cc2CC1C(=O)c1ccccc1Cl. The molecule has 0 spiro atoms. The van der Waals surface area contributed by atoms with E-state index in [4.69, 9.17) is 28.9 Å². The normalized spacial score (nSPS) is 18.6. The van der Waals surface area contributed by atoms with Crippen molar-refractivity contribution in [2.75, 3.05) is 5.32 Å². The van der Waals surface area contributed by atoms with E-state index in [1.54, 1.807) is 55.5 Å². The number of hydrogen-bond donors (Lipinski definition) is 3. The number of halogens is 2. The number of benzene rings is 2. The van der Waals surface area contributed by atoms with Crippen LogP contribution in [0, 0.1) is 5.92 Å². The van der Waals surface area contributed by atoms with Crippen LogP contribution in [0.5, 0.6) is 0 Å². The van der Waals surface area contributed by atoms with Crippen LogP contribution in [0.2, 0.25) is 10.0 Å². The first kappa shape index (κ1) is 23.4. The molecule has 4 unspecified atom stereocenters. The molecular formula is C24H22Cl2N3O3S+. The number of amides is 1. The number of carbonyl (C=O) groups is 3. The molecule has 1 amide bonds. The van der Waals surface area contributed by atoms with Crippen LogP contribution in [0.15, 0.2) is 59.3 Å². The van der Waals surface area contributed by atoms with Crippen LogP contribution in [0.1, 0.15) is 33.2 Å². The molecule has 4 atom stereocenters. The summed E-state index contributed by atoms with van der Waals surface area (Å²) in [5.74, 6) is -1.20. The van der Waals surface area contributed by atoms with Crippen molar-refractivity contribution >= 4 is 56.2 Å². The van der Waals surface area contributed by atoms with Gasteiger partial charge in [-0.3, -0.25) is 9.59 Å². The van der Waals surface area contributed by atoms with Gasteiger partial charge in [-0.05, 0) is 49.7 Å². The highest BCUT2D eigenvalue weighted by Crippen LogP contribution is 2.39. The van der Waals surface area contributed by atoms with Crippen molar-refractivity contribution in [1.29, 1.82) is 0 Å². The Morgan fingerprint density at radius 1 is 1.09 bits per heavy atom. The van der Waals surface area contributed by atoms with E-state index in [0.29, 0.717) is 27.6 Å². The Bertz CT molecular complexity index is 1220. The lowest BCUT2D eigenvalue weighted by atomic mass is 9.86. The van der Waals surface area contributed by atoms with Crippen molar-refractivity contribution in [3.05, 3.63) is 86.0 Å². The molecule has 0 saturated carbocycles. The zero-order valence-corrected chi connectivity index (χ0v) is 20.0. The maximum atomic E-state index is 13.4. The lowest BCUT2D eigenvalue weighted by molar-refractivity contribution is -0.122. The van der Waals surface area contributed by atoms with E-state index in [-0.39, 0.29) is 16.8 Å². The van der Waals surface area contributed by atoms with Crippen molar-refractivity contribution in [2.24, 2.45) is 11.7 Å². The van der Waals surface area contributed by atoms with Gasteiger partial charge in [0.15, 0.2) is 16.5 Å². The molecule has 0 bridgehead atoms. The summed E-state index contributed by atoms with van der Waals surface area (Å²) in [6.07, 6.45) is -0.339. The zero-order valence-electron chi connectivity index (χ0n) is 17.7. The Hall–Kier alpha value is -2.71. The van der Waals surface area contributed by atoms with Gasteiger partial charge in [-0.15, -0.1) is 0 Å². The minimum absolute atomic E-state index is 0.0481. The molecule has 9 heteroatoms. The fourth-order valence-electron chi connectivity index (χ4n) is 3.72. The third-order valence-electron chi connectivity index (χ3n) is 5.49. The minimum atomic E-state index is -0.806. The lowest BCUT2D eigenvalue weighted by Crippen LogP contribution is -2.54. The van der Waals surface area contributed by atoms with Gasteiger partial charge >= 0.3 is 5.12 Å². The van der Waals surface area contributed by atoms with Crippen LogP contribution in [-0.2, 0) is 11.2 Å². The number of carbonyl (C=O) groups excluding carboxylic acids is 3. The molecule has 0 saturated heterocycles. The predicted molar refractivity (Wildman–Crippen MR) is 132 cm³/mol. The summed E-state index contributed by atoms with van der Waals surface area (Å²) in [6.45, 7) is 1.57. The van der Waals surface area contributed by atoms with Gasteiger partial charge in [0.25, 0.3) is 0 Å². The molecule has 1 aliphatic heterocycles. The molecule has 2 heterocycles. The summed E-state index contributed by atoms with van der Waals surface area (Å²) in [4.78, 5) is 38.8. The van der Waals surface area contributed by atoms with Crippen LogP contribution in [0.3, 0.4) is 0 Å². The summed E-state index contributed by atoms with van der Waals surface area (Å²) in [7, 11) is -0.806. The van der Waals surface area contributed by atoms with Crippen molar-refractivity contribution in [1.82, 2.24) is 5.32 Å². The maximum absolute atomic E-state index is 13.4. The molecule has 2 aromatic carbocycles. The van der Waals surface area contributed by atoms with Gasteiger partial charge in [-0.2, -0.15) is 0 Å². The van der Waals surface area contributed by atoms with Gasteiger partial charge in [0.2, 0.25) is 5.91 Å². The Balaban J connectivity index is 1.66. The second kappa shape index (κ2) is 9.65. The number of nitrogens with one attached hydrogen (secondary N) is 2. The molecular weight excluding hydrogens is 481 g/mol. The number of hydrogen-bond acceptors (Lipinski definition) is 5. The number of nitrogens with two attached hydrogens (primary N) is 1. The number of Topliss-reactive ketones (excluding diaryl/α,β-unsaturated/α-hetero) is 1. The van der Waals surface area contributed by atoms with Gasteiger partial charge < -0.3 is 16.4 Å². The van der Waals surface area contributed by atoms with Crippen molar-refractivity contribution < 1.29 is 14.4 Å². The van der Waals surface area contributed by atoms with E-state index in [9.17, 15) is 14.4 Å². The molecule has 3 aromatic rings. The predicted octanol–water partition coefficient (Wildman–Crippen LogP) is 4.69. The minimum Gasteiger partial charge on any atom is -0.360 e. The summed E-state index contributed by atoms with van der Waals surface area (Å²) in [5.41, 5.74) is 8.26. The van der Waals surface area contributed by atoms with Gasteiger partial charge in [0.1, 0.15) is 6.17 Å². The Morgan fingerprint density at radius 3 is 2.45 bits per heavy atom. The van der Waals surface area contributed by atoms with Crippen LogP contribution in [-0.4, -0.2) is 29.0 Å². The van der Waals surface area contributed by atoms with Crippen molar-refractivity contribution in [3.63, 3.8) is 0 Å². The zero-order chi connectivity index (χ0) is 23.7. The highest BCUT2D eigenvalue weighted by Gasteiger charge is 2.39. The number of rotatable bonds is 6. The smallest absolute Gasteiger partial charge is 0.360 e. The molecule has 4 N–H and O–H groups in total. The average molecular weight is 503 g/mol. The summed E-state index contributed by atoms with van der Waals surface area (Å²) >= 11 is 12.2. The molecule has 0 fully saturated rings. The standard InChI is InChI=1S/C24H21Cl2N3O3S/c1-13(27)23(31)29-22-18(21(30)17-4-2-3-5-19(17)26)10-15-11-33(12-20(15)28-22)24(32)14-6-8-16(25)9-7-14/h2-9,11-13,18,22,28H,10,27H2,1H3/p+1. The van der Waals surface area contributed by atoms with Gasteiger partial charge in [0, 0.05) is 16.1 Å². The van der Waals surface area contributed by atoms with E-state index in [2.05, 4.69) is 10.6 Å². The molecule has 33 heavy (non-hydrogen) atoms. The molecule has 0 radical (unpaired) electrons. The second-order valence-corrected chi connectivity index (χ2v) is 10.3. The Labute approximate surface area is 204 Å². The number of thiophene rings is 1. The molecule has 1 aromatic heterocycles. The topological polar surface area (TPSA) is 101 Å². The molecule has 6 nitrogen and oxygen atoms in total. The van der Waals surface area contributed by atoms with E-state index in [1.165, 1.54) is 0 Å². The van der Waals surface area contributed by atoms with Gasteiger partial charge in [0.05, 0.1) is 38.7 Å². The molecule has 4 rings (SSSR count). The van der Waals surface area contributed by atoms with Crippen LogP contribution >= 0.6 is 33.7 Å². The van der Waals surface area contributed by atoms with Gasteiger partial charge in [-0.25, -0.2) is 4.79 Å². The largest absolute Gasteiger partial charge is 0.386 e. The third-order valence-corrected chi connectivity index (χ3v) is 7.77. The van der Waals surface area contributed by atoms with E-state index < -0.39 is 28.6 Å². The van der Waals surface area contributed by atoms with E-state index >= 15 is 0 Å². The van der Waals surface area contributed by atoms with Gasteiger partial charge in [-0.1, -0.05) is 35.3 Å². The Morgan fingerprint density at radius 2 is 1.79 bits per heavy atom. The monoisotopic (exact) mass is 502 g/mol. The number of ketones is 1. The first-order chi connectivity index (χ1) is 15.7. The molecule has 170 valence electrons. The first-order valence-electron chi connectivity index (χ1n) is 10.3. The fraction of sp³-hybridized carbons (Fsp3) is 0.208. The van der Waals surface area contributed by atoms with E-state index in [1.807, 2.05) is 10.8 Å². The number of fused-ring (bicyclic) bond motifs is 1. The summed E-state index contributed by atoms with van der Waals surface area (Å²) < 4.78 is 0. The van der Waals surface area contributed by atoms with Crippen LogP contribution in [0.4, 0.5) is 5.69 Å². The Kier molecular flexibility index (Phi) is 6.86. The summed E-state index contributed by atoms with van der Waals surface area (Å²) in [6, 6.07) is 12.8. The highest BCUT2D eigenvalue weighted by atomic mass is 35.5. The molecule has 0 aliphatic carbocycles. The quantitative estimate of drug-likeness (QED) is 0.335.